The number of rotatable bonds is 1. The molecule has 0 radical (unpaired) electrons. The van der Waals surface area contributed by atoms with Gasteiger partial charge in [-0.3, -0.25) is 0 Å². The molecule has 2 aromatic heterocycles. The van der Waals surface area contributed by atoms with E-state index in [1.807, 2.05) is 30.5 Å². The maximum absolute atomic E-state index is 5.99. The lowest BCUT2D eigenvalue weighted by atomic mass is 10.1. The van der Waals surface area contributed by atoms with Gasteiger partial charge in [0.05, 0.1) is 0 Å². The molecule has 0 amide bonds. The summed E-state index contributed by atoms with van der Waals surface area (Å²) in [5.41, 5.74) is 2.56. The normalized spacial score (nSPS) is 10.8. The molecule has 1 aromatic carbocycles. The fraction of sp³-hybridized carbons (Fsp3) is 0. The average Bonchev–Trinajstić information content (AvgIpc) is 2.74. The van der Waals surface area contributed by atoms with Gasteiger partial charge in [0.2, 0.25) is 0 Å². The number of para-hydroxylation sites is 1. The second-order valence-corrected chi connectivity index (χ2v) is 3.71. The predicted molar refractivity (Wildman–Crippen MR) is 62.1 cm³/mol. The van der Waals surface area contributed by atoms with E-state index in [2.05, 4.69) is 20.2 Å². The van der Waals surface area contributed by atoms with Crippen LogP contribution in [0.15, 0.2) is 36.8 Å². The molecule has 4 nitrogen and oxygen atoms in total. The number of aromatic amines is 1. The Kier molecular flexibility index (Phi) is 2.08. The molecular weight excluding hydrogens is 224 g/mol. The van der Waals surface area contributed by atoms with E-state index in [4.69, 9.17) is 11.6 Å². The van der Waals surface area contributed by atoms with E-state index in [0.29, 0.717) is 10.8 Å². The van der Waals surface area contributed by atoms with Gasteiger partial charge in [-0.2, -0.15) is 0 Å². The summed E-state index contributed by atoms with van der Waals surface area (Å²) >= 11 is 5.99. The topological polar surface area (TPSA) is 54.5 Å². The Balaban J connectivity index is 2.31. The van der Waals surface area contributed by atoms with Crippen molar-refractivity contribution < 1.29 is 0 Å². The smallest absolute Gasteiger partial charge is 0.159 e. The van der Waals surface area contributed by atoms with Crippen molar-refractivity contribution in [3.05, 3.63) is 41.9 Å². The highest BCUT2D eigenvalue weighted by atomic mass is 35.5. The number of fused-ring (bicyclic) bond motifs is 1. The molecule has 0 aliphatic carbocycles. The summed E-state index contributed by atoms with van der Waals surface area (Å²) in [6.07, 6.45) is 3.20. The second-order valence-electron chi connectivity index (χ2n) is 3.35. The van der Waals surface area contributed by atoms with Gasteiger partial charge in [0.25, 0.3) is 0 Å². The third-order valence-corrected chi connectivity index (χ3v) is 2.70. The summed E-state index contributed by atoms with van der Waals surface area (Å²) in [6.45, 7) is 0. The van der Waals surface area contributed by atoms with Crippen LogP contribution < -0.4 is 0 Å². The molecule has 0 aliphatic rings. The molecule has 78 valence electrons. The van der Waals surface area contributed by atoms with Crippen LogP contribution in [-0.2, 0) is 0 Å². The minimum atomic E-state index is 0.361. The predicted octanol–water partition coefficient (Wildman–Crippen LogP) is 2.67. The van der Waals surface area contributed by atoms with Gasteiger partial charge < -0.3 is 4.98 Å². The summed E-state index contributed by atoms with van der Waals surface area (Å²) in [4.78, 5) is 7.08. The van der Waals surface area contributed by atoms with E-state index >= 15 is 0 Å². The zero-order chi connectivity index (χ0) is 11.0. The lowest BCUT2D eigenvalue weighted by molar-refractivity contribution is 0.978. The van der Waals surface area contributed by atoms with Crippen LogP contribution in [0.25, 0.3) is 22.2 Å². The molecule has 3 aromatic rings. The van der Waals surface area contributed by atoms with E-state index in [0.717, 1.165) is 16.5 Å². The van der Waals surface area contributed by atoms with E-state index in [9.17, 15) is 0 Å². The van der Waals surface area contributed by atoms with E-state index in [1.54, 1.807) is 0 Å². The Morgan fingerprint density at radius 2 is 2.06 bits per heavy atom. The third kappa shape index (κ3) is 1.35. The van der Waals surface area contributed by atoms with Gasteiger partial charge in [-0.25, -0.2) is 4.98 Å². The Morgan fingerprint density at radius 1 is 1.19 bits per heavy atom. The number of benzene rings is 1. The van der Waals surface area contributed by atoms with Crippen LogP contribution in [0.4, 0.5) is 0 Å². The third-order valence-electron chi connectivity index (χ3n) is 2.42. The highest BCUT2D eigenvalue weighted by molar-refractivity contribution is 6.32. The first kappa shape index (κ1) is 9.30. The zero-order valence-corrected chi connectivity index (χ0v) is 8.94. The molecule has 0 saturated carbocycles. The van der Waals surface area contributed by atoms with Gasteiger partial charge in [-0.1, -0.05) is 29.8 Å². The van der Waals surface area contributed by atoms with Gasteiger partial charge >= 0.3 is 0 Å². The highest BCUT2D eigenvalue weighted by Gasteiger charge is 2.11. The zero-order valence-electron chi connectivity index (χ0n) is 8.18. The van der Waals surface area contributed by atoms with Crippen LogP contribution in [0.3, 0.4) is 0 Å². The van der Waals surface area contributed by atoms with Gasteiger partial charge in [0.15, 0.2) is 5.15 Å². The summed E-state index contributed by atoms with van der Waals surface area (Å²) in [6, 6.07) is 7.94. The van der Waals surface area contributed by atoms with Crippen LogP contribution in [0.5, 0.6) is 0 Å². The average molecular weight is 231 g/mol. The maximum Gasteiger partial charge on any atom is 0.159 e. The first-order valence-electron chi connectivity index (χ1n) is 4.76. The molecular formula is C11H7ClN4. The van der Waals surface area contributed by atoms with Gasteiger partial charge in [0.1, 0.15) is 12.0 Å². The Hall–Kier alpha value is -1.94. The minimum Gasteiger partial charge on any atom is -0.360 e. The van der Waals surface area contributed by atoms with Crippen LogP contribution >= 0.6 is 11.6 Å². The summed E-state index contributed by atoms with van der Waals surface area (Å²) in [5.74, 6) is 0. The van der Waals surface area contributed by atoms with E-state index < -0.39 is 0 Å². The molecule has 2 heterocycles. The van der Waals surface area contributed by atoms with E-state index in [1.165, 1.54) is 6.33 Å². The van der Waals surface area contributed by atoms with Crippen molar-refractivity contribution in [3.63, 3.8) is 0 Å². The molecule has 0 aliphatic heterocycles. The Morgan fingerprint density at radius 3 is 2.94 bits per heavy atom. The largest absolute Gasteiger partial charge is 0.360 e. The number of nitrogens with one attached hydrogen (secondary N) is 1. The fourth-order valence-corrected chi connectivity index (χ4v) is 1.88. The molecule has 3 rings (SSSR count). The van der Waals surface area contributed by atoms with Crippen LogP contribution in [0, 0.1) is 0 Å². The Bertz CT molecular complexity index is 647. The van der Waals surface area contributed by atoms with Crippen molar-refractivity contribution in [1.82, 2.24) is 20.2 Å². The van der Waals surface area contributed by atoms with Gasteiger partial charge in [-0.05, 0) is 6.07 Å². The van der Waals surface area contributed by atoms with Gasteiger partial charge in [0, 0.05) is 22.7 Å². The van der Waals surface area contributed by atoms with Gasteiger partial charge in [-0.15, -0.1) is 10.2 Å². The first-order valence-corrected chi connectivity index (χ1v) is 5.14. The lowest BCUT2D eigenvalue weighted by Crippen LogP contribution is -1.90. The minimum absolute atomic E-state index is 0.361. The molecule has 0 spiro atoms. The second kappa shape index (κ2) is 3.57. The first-order chi connectivity index (χ1) is 7.86. The van der Waals surface area contributed by atoms with Crippen molar-refractivity contribution in [2.24, 2.45) is 0 Å². The van der Waals surface area contributed by atoms with Crippen molar-refractivity contribution in [2.45, 2.75) is 0 Å². The quantitative estimate of drug-likeness (QED) is 0.699. The molecule has 0 bridgehead atoms. The fourth-order valence-electron chi connectivity index (χ4n) is 1.69. The number of aromatic nitrogens is 4. The number of hydrogen-bond acceptors (Lipinski definition) is 3. The van der Waals surface area contributed by atoms with Crippen molar-refractivity contribution in [3.8, 4) is 11.3 Å². The van der Waals surface area contributed by atoms with Crippen molar-refractivity contribution >= 4 is 22.5 Å². The number of halogens is 1. The molecule has 0 fully saturated rings. The maximum atomic E-state index is 5.99. The summed E-state index contributed by atoms with van der Waals surface area (Å²) < 4.78 is 0. The standard InChI is InChI=1S/C11H7ClN4/c12-11-10(16-15-6-14-11)8-5-13-9-4-2-1-3-7(8)9/h1-6,13H. The summed E-state index contributed by atoms with van der Waals surface area (Å²) in [5, 5.41) is 9.18. The number of H-pyrrole nitrogens is 1. The Labute approximate surface area is 96.3 Å². The number of nitrogens with zero attached hydrogens (tertiary/aromatic N) is 3. The molecule has 0 saturated heterocycles. The molecule has 0 unspecified atom stereocenters. The lowest BCUT2D eigenvalue weighted by Gasteiger charge is -1.98. The number of hydrogen-bond donors (Lipinski definition) is 1. The molecule has 5 heteroatoms. The molecule has 0 atom stereocenters. The summed E-state index contributed by atoms with van der Waals surface area (Å²) in [7, 11) is 0. The highest BCUT2D eigenvalue weighted by Crippen LogP contribution is 2.29. The monoisotopic (exact) mass is 230 g/mol. The van der Waals surface area contributed by atoms with E-state index in [-0.39, 0.29) is 0 Å². The molecule has 1 N–H and O–H groups in total. The van der Waals surface area contributed by atoms with Crippen molar-refractivity contribution in [1.29, 1.82) is 0 Å². The van der Waals surface area contributed by atoms with Crippen LogP contribution in [-0.4, -0.2) is 20.2 Å². The van der Waals surface area contributed by atoms with Crippen LogP contribution in [0.2, 0.25) is 5.15 Å². The van der Waals surface area contributed by atoms with Crippen molar-refractivity contribution in [2.75, 3.05) is 0 Å². The molecule has 16 heavy (non-hydrogen) atoms. The SMILES string of the molecule is Clc1ncnnc1-c1c[nH]c2ccccc12. The van der Waals surface area contributed by atoms with Crippen LogP contribution in [0.1, 0.15) is 0 Å².